The van der Waals surface area contributed by atoms with Gasteiger partial charge < -0.3 is 0 Å². The first-order valence-electron chi connectivity index (χ1n) is 7.79. The summed E-state index contributed by atoms with van der Waals surface area (Å²) in [5.41, 5.74) is 4.38. The summed E-state index contributed by atoms with van der Waals surface area (Å²) in [6.45, 7) is 2.28. The first kappa shape index (κ1) is 14.8. The molecule has 0 unspecified atom stereocenters. The predicted octanol–water partition coefficient (Wildman–Crippen LogP) is 6.31. The average Bonchev–Trinajstić information content (AvgIpc) is 2.86. The molecule has 0 nitrogen and oxygen atoms in total. The van der Waals surface area contributed by atoms with Crippen molar-refractivity contribution >= 4 is 22.0 Å². The van der Waals surface area contributed by atoms with Crippen molar-refractivity contribution in [2.24, 2.45) is 0 Å². The van der Waals surface area contributed by atoms with Crippen LogP contribution in [0.3, 0.4) is 0 Å². The fourth-order valence-corrected chi connectivity index (χ4v) is 3.50. The van der Waals surface area contributed by atoms with Gasteiger partial charge in [-0.2, -0.15) is 0 Å². The van der Waals surface area contributed by atoms with Crippen LogP contribution in [0.2, 0.25) is 0 Å². The highest BCUT2D eigenvalue weighted by Gasteiger charge is 2.10. The molecule has 0 aromatic heterocycles. The lowest BCUT2D eigenvalue weighted by atomic mass is 10.0. The van der Waals surface area contributed by atoms with E-state index in [1.807, 2.05) is 0 Å². The summed E-state index contributed by atoms with van der Waals surface area (Å²) in [7, 11) is 0. The number of aryl methyl sites for hydroxylation is 1. The summed E-state index contributed by atoms with van der Waals surface area (Å²) < 4.78 is 1.30. The number of hydrogen-bond acceptors (Lipinski definition) is 0. The van der Waals surface area contributed by atoms with E-state index in [0.717, 1.165) is 6.42 Å². The molecule has 19 heavy (non-hydrogen) atoms. The molecule has 0 atom stereocenters. The van der Waals surface area contributed by atoms with Gasteiger partial charge >= 0.3 is 0 Å². The van der Waals surface area contributed by atoms with Crippen LogP contribution in [-0.2, 0) is 12.8 Å². The maximum Gasteiger partial charge on any atom is 0.0219 e. The van der Waals surface area contributed by atoms with E-state index < -0.39 is 0 Å². The van der Waals surface area contributed by atoms with Crippen LogP contribution < -0.4 is 0 Å². The largest absolute Gasteiger partial charge is 0.0795 e. The van der Waals surface area contributed by atoms with Crippen molar-refractivity contribution < 1.29 is 0 Å². The summed E-state index contributed by atoms with van der Waals surface area (Å²) in [6, 6.07) is 4.70. The van der Waals surface area contributed by atoms with Gasteiger partial charge in [0.2, 0.25) is 0 Å². The van der Waals surface area contributed by atoms with E-state index in [9.17, 15) is 0 Å². The van der Waals surface area contributed by atoms with E-state index >= 15 is 0 Å². The Labute approximate surface area is 126 Å². The second-order valence-electron chi connectivity index (χ2n) is 5.62. The molecule has 1 aliphatic rings. The zero-order valence-electron chi connectivity index (χ0n) is 12.1. The molecule has 2 rings (SSSR count). The van der Waals surface area contributed by atoms with Crippen LogP contribution in [0, 0.1) is 0 Å². The lowest BCUT2D eigenvalue weighted by molar-refractivity contribution is 0.589. The summed E-state index contributed by atoms with van der Waals surface area (Å²) in [4.78, 5) is 0. The van der Waals surface area contributed by atoms with Crippen LogP contribution in [0.5, 0.6) is 0 Å². The first-order valence-corrected chi connectivity index (χ1v) is 8.58. The third kappa shape index (κ3) is 4.49. The molecule has 0 bridgehead atoms. The normalized spacial score (nSPS) is 12.9. The van der Waals surface area contributed by atoms with Gasteiger partial charge in [-0.3, -0.25) is 0 Å². The number of benzene rings is 1. The summed E-state index contributed by atoms with van der Waals surface area (Å²) in [5, 5.41) is 0. The van der Waals surface area contributed by atoms with Crippen LogP contribution >= 0.6 is 15.9 Å². The lowest BCUT2D eigenvalue weighted by Gasteiger charge is -2.08. The van der Waals surface area contributed by atoms with Gasteiger partial charge in [0.15, 0.2) is 0 Å². The fourth-order valence-electron chi connectivity index (χ4n) is 2.81. The van der Waals surface area contributed by atoms with Crippen LogP contribution in [0.4, 0.5) is 0 Å². The van der Waals surface area contributed by atoms with Gasteiger partial charge in [-0.25, -0.2) is 0 Å². The van der Waals surface area contributed by atoms with Gasteiger partial charge in [0, 0.05) is 4.47 Å². The molecular formula is C18H25Br. The second kappa shape index (κ2) is 7.89. The molecule has 104 valence electrons. The monoisotopic (exact) mass is 320 g/mol. The van der Waals surface area contributed by atoms with Gasteiger partial charge in [0.05, 0.1) is 0 Å². The Morgan fingerprint density at radius 2 is 1.74 bits per heavy atom. The molecule has 0 aliphatic heterocycles. The quantitative estimate of drug-likeness (QED) is 0.492. The van der Waals surface area contributed by atoms with Crippen LogP contribution in [-0.4, -0.2) is 0 Å². The predicted molar refractivity (Wildman–Crippen MR) is 88.6 cm³/mol. The highest BCUT2D eigenvalue weighted by atomic mass is 79.9. The Hall–Kier alpha value is -0.560. The molecule has 0 saturated carbocycles. The minimum atomic E-state index is 1.09. The van der Waals surface area contributed by atoms with E-state index in [2.05, 4.69) is 47.1 Å². The molecule has 0 saturated heterocycles. The van der Waals surface area contributed by atoms with E-state index in [4.69, 9.17) is 0 Å². The molecule has 0 fully saturated rings. The van der Waals surface area contributed by atoms with Gasteiger partial charge in [0.25, 0.3) is 0 Å². The van der Waals surface area contributed by atoms with Crippen molar-refractivity contribution in [1.82, 2.24) is 0 Å². The van der Waals surface area contributed by atoms with Gasteiger partial charge in [0.1, 0.15) is 0 Å². The molecule has 0 amide bonds. The molecule has 1 heteroatoms. The van der Waals surface area contributed by atoms with E-state index in [1.54, 1.807) is 0 Å². The van der Waals surface area contributed by atoms with Crippen molar-refractivity contribution in [1.29, 1.82) is 0 Å². The maximum absolute atomic E-state index is 3.71. The van der Waals surface area contributed by atoms with Crippen LogP contribution in [0.25, 0.3) is 6.08 Å². The maximum atomic E-state index is 3.71. The minimum Gasteiger partial charge on any atom is -0.0795 e. The van der Waals surface area contributed by atoms with E-state index in [1.165, 1.54) is 72.5 Å². The van der Waals surface area contributed by atoms with E-state index in [-0.39, 0.29) is 0 Å². The summed E-state index contributed by atoms with van der Waals surface area (Å²) in [5.74, 6) is 0. The first-order chi connectivity index (χ1) is 9.31. The number of hydrogen-bond donors (Lipinski definition) is 0. The van der Waals surface area contributed by atoms with Gasteiger partial charge in [-0.05, 0) is 42.0 Å². The van der Waals surface area contributed by atoms with E-state index in [0.29, 0.717) is 0 Å². The van der Waals surface area contributed by atoms with Gasteiger partial charge in [-0.15, -0.1) is 0 Å². The zero-order valence-corrected chi connectivity index (χ0v) is 13.6. The molecule has 0 heterocycles. The molecule has 1 aliphatic carbocycles. The molecule has 0 radical (unpaired) electrons. The van der Waals surface area contributed by atoms with Crippen molar-refractivity contribution in [2.45, 2.75) is 64.7 Å². The standard InChI is InChI=1S/C18H25Br/c1-2-3-4-5-6-7-8-10-15-13-16-11-9-12-17(16)18(19)14-15/h9,11,13-14H,2-8,10,12H2,1H3. The smallest absolute Gasteiger partial charge is 0.0219 e. The topological polar surface area (TPSA) is 0 Å². The molecule has 0 N–H and O–H groups in total. The molecule has 0 spiro atoms. The van der Waals surface area contributed by atoms with Crippen molar-refractivity contribution in [3.63, 3.8) is 0 Å². The van der Waals surface area contributed by atoms with Crippen LogP contribution in [0.15, 0.2) is 22.7 Å². The Bertz CT molecular complexity index is 432. The minimum absolute atomic E-state index is 1.09. The number of rotatable bonds is 8. The molecule has 1 aromatic rings. The number of allylic oxidation sites excluding steroid dienone is 1. The highest BCUT2D eigenvalue weighted by molar-refractivity contribution is 9.10. The lowest BCUT2D eigenvalue weighted by Crippen LogP contribution is -1.91. The third-order valence-electron chi connectivity index (χ3n) is 3.98. The van der Waals surface area contributed by atoms with Crippen molar-refractivity contribution in [2.75, 3.05) is 0 Å². The van der Waals surface area contributed by atoms with Gasteiger partial charge in [-0.1, -0.05) is 79.6 Å². The Morgan fingerprint density at radius 1 is 1.00 bits per heavy atom. The Kier molecular flexibility index (Phi) is 6.16. The summed E-state index contributed by atoms with van der Waals surface area (Å²) >= 11 is 3.71. The number of halogens is 1. The SMILES string of the molecule is CCCCCCCCCc1cc(Br)c2c(c1)C=CC2. The fraction of sp³-hybridized carbons (Fsp3) is 0.556. The highest BCUT2D eigenvalue weighted by Crippen LogP contribution is 2.29. The molecular weight excluding hydrogens is 296 g/mol. The number of fused-ring (bicyclic) bond motifs is 1. The molecule has 1 aromatic carbocycles. The number of unbranched alkanes of at least 4 members (excludes halogenated alkanes) is 6. The van der Waals surface area contributed by atoms with Crippen molar-refractivity contribution in [3.05, 3.63) is 39.4 Å². The second-order valence-corrected chi connectivity index (χ2v) is 6.48. The zero-order chi connectivity index (χ0) is 13.5. The van der Waals surface area contributed by atoms with Crippen molar-refractivity contribution in [3.8, 4) is 0 Å². The Balaban J connectivity index is 1.72. The third-order valence-corrected chi connectivity index (χ3v) is 4.69. The van der Waals surface area contributed by atoms with Crippen LogP contribution in [0.1, 0.15) is 68.6 Å². The Morgan fingerprint density at radius 3 is 2.53 bits per heavy atom. The average molecular weight is 321 g/mol. The summed E-state index contributed by atoms with van der Waals surface area (Å²) in [6.07, 6.45) is 16.6.